The Morgan fingerprint density at radius 3 is 2.83 bits per heavy atom. The molecule has 0 saturated carbocycles. The molecule has 0 bridgehead atoms. The van der Waals surface area contributed by atoms with Gasteiger partial charge in [-0.25, -0.2) is 0 Å². The Morgan fingerprint density at radius 1 is 1.11 bits per heavy atom. The highest BCUT2D eigenvalue weighted by Crippen LogP contribution is 2.21. The van der Waals surface area contributed by atoms with E-state index in [-0.39, 0.29) is 5.91 Å². The van der Waals surface area contributed by atoms with E-state index in [0.717, 1.165) is 19.3 Å². The maximum atomic E-state index is 11.4. The van der Waals surface area contributed by atoms with Crippen LogP contribution in [0.5, 0.6) is 0 Å². The van der Waals surface area contributed by atoms with Crippen LogP contribution < -0.4 is 5.32 Å². The summed E-state index contributed by atoms with van der Waals surface area (Å²) in [6, 6.07) is 15.1. The van der Waals surface area contributed by atoms with E-state index in [1.54, 1.807) is 0 Å². The van der Waals surface area contributed by atoms with Crippen molar-refractivity contribution in [2.24, 2.45) is 0 Å². The number of nitrogens with one attached hydrogen (secondary N) is 1. The molecule has 0 aromatic heterocycles. The molecule has 2 nitrogen and oxygen atoms in total. The third kappa shape index (κ3) is 2.23. The molecular formula is C16H17NO. The van der Waals surface area contributed by atoms with E-state index in [1.165, 1.54) is 16.3 Å². The first-order chi connectivity index (χ1) is 8.83. The fraction of sp³-hybridized carbons (Fsp3) is 0.312. The van der Waals surface area contributed by atoms with E-state index in [0.29, 0.717) is 12.5 Å². The Balaban J connectivity index is 1.88. The van der Waals surface area contributed by atoms with Crippen molar-refractivity contribution >= 4 is 16.7 Å². The van der Waals surface area contributed by atoms with Crippen molar-refractivity contribution < 1.29 is 4.79 Å². The van der Waals surface area contributed by atoms with Crippen molar-refractivity contribution in [2.45, 2.75) is 31.7 Å². The molecule has 1 aliphatic rings. The molecule has 1 saturated heterocycles. The van der Waals surface area contributed by atoms with E-state index in [1.807, 2.05) is 0 Å². The molecule has 0 spiro atoms. The monoisotopic (exact) mass is 239 g/mol. The van der Waals surface area contributed by atoms with Crippen molar-refractivity contribution in [2.75, 3.05) is 0 Å². The number of carbonyl (C=O) groups is 1. The van der Waals surface area contributed by atoms with Gasteiger partial charge in [-0.2, -0.15) is 0 Å². The Kier molecular flexibility index (Phi) is 3.01. The van der Waals surface area contributed by atoms with Gasteiger partial charge in [0.1, 0.15) is 0 Å². The molecule has 1 heterocycles. The molecule has 0 aliphatic carbocycles. The van der Waals surface area contributed by atoms with Gasteiger partial charge in [-0.15, -0.1) is 0 Å². The SMILES string of the molecule is O=C1CCC[C@@H](Cc2cccc3ccccc23)N1. The molecule has 1 N–H and O–H groups in total. The molecular weight excluding hydrogens is 222 g/mol. The zero-order valence-corrected chi connectivity index (χ0v) is 10.4. The highest BCUT2D eigenvalue weighted by molar-refractivity contribution is 5.85. The molecule has 1 amide bonds. The van der Waals surface area contributed by atoms with Gasteiger partial charge in [-0.3, -0.25) is 4.79 Å². The van der Waals surface area contributed by atoms with Gasteiger partial charge < -0.3 is 5.32 Å². The summed E-state index contributed by atoms with van der Waals surface area (Å²) in [7, 11) is 0. The molecule has 2 aromatic carbocycles. The van der Waals surface area contributed by atoms with Crippen LogP contribution in [0, 0.1) is 0 Å². The molecule has 1 fully saturated rings. The summed E-state index contributed by atoms with van der Waals surface area (Å²) in [5.74, 6) is 0.200. The minimum absolute atomic E-state index is 0.200. The van der Waals surface area contributed by atoms with E-state index in [2.05, 4.69) is 47.8 Å². The first kappa shape index (κ1) is 11.3. The predicted octanol–water partition coefficient (Wildman–Crippen LogP) is 3.05. The zero-order valence-electron chi connectivity index (χ0n) is 10.4. The Bertz CT molecular complexity index is 571. The quantitative estimate of drug-likeness (QED) is 0.857. The molecule has 2 heteroatoms. The smallest absolute Gasteiger partial charge is 0.220 e. The largest absolute Gasteiger partial charge is 0.353 e. The minimum Gasteiger partial charge on any atom is -0.353 e. The average Bonchev–Trinajstić information content (AvgIpc) is 2.39. The van der Waals surface area contributed by atoms with Crippen molar-refractivity contribution in [1.29, 1.82) is 0 Å². The van der Waals surface area contributed by atoms with Crippen molar-refractivity contribution in [3.63, 3.8) is 0 Å². The second kappa shape index (κ2) is 4.81. The lowest BCUT2D eigenvalue weighted by molar-refractivity contribution is -0.123. The van der Waals surface area contributed by atoms with Crippen molar-refractivity contribution in [3.8, 4) is 0 Å². The Hall–Kier alpha value is -1.83. The number of hydrogen-bond donors (Lipinski definition) is 1. The summed E-state index contributed by atoms with van der Waals surface area (Å²) in [5, 5.41) is 5.67. The normalized spacial score (nSPS) is 19.8. The van der Waals surface area contributed by atoms with Crippen molar-refractivity contribution in [3.05, 3.63) is 48.0 Å². The van der Waals surface area contributed by atoms with Gasteiger partial charge in [0.15, 0.2) is 0 Å². The van der Waals surface area contributed by atoms with Gasteiger partial charge >= 0.3 is 0 Å². The highest BCUT2D eigenvalue weighted by atomic mass is 16.1. The van der Waals surface area contributed by atoms with E-state index >= 15 is 0 Å². The Labute approximate surface area is 107 Å². The van der Waals surface area contributed by atoms with Crippen LogP contribution in [0.2, 0.25) is 0 Å². The molecule has 0 radical (unpaired) electrons. The van der Waals surface area contributed by atoms with Gasteiger partial charge in [-0.05, 0) is 35.6 Å². The van der Waals surface area contributed by atoms with Gasteiger partial charge in [0.05, 0.1) is 0 Å². The van der Waals surface area contributed by atoms with Crippen LogP contribution in [0.3, 0.4) is 0 Å². The van der Waals surface area contributed by atoms with Gasteiger partial charge in [-0.1, -0.05) is 42.5 Å². The number of piperidine rings is 1. The van der Waals surface area contributed by atoms with Gasteiger partial charge in [0.25, 0.3) is 0 Å². The van der Waals surface area contributed by atoms with E-state index in [4.69, 9.17) is 0 Å². The summed E-state index contributed by atoms with van der Waals surface area (Å²) >= 11 is 0. The fourth-order valence-corrected chi connectivity index (χ4v) is 2.77. The lowest BCUT2D eigenvalue weighted by atomic mass is 9.94. The second-order valence-corrected chi connectivity index (χ2v) is 5.00. The zero-order chi connectivity index (χ0) is 12.4. The minimum atomic E-state index is 0.200. The third-order valence-corrected chi connectivity index (χ3v) is 3.67. The summed E-state index contributed by atoms with van der Waals surface area (Å²) in [6.07, 6.45) is 3.73. The van der Waals surface area contributed by atoms with Crippen molar-refractivity contribution in [1.82, 2.24) is 5.32 Å². The maximum absolute atomic E-state index is 11.4. The molecule has 18 heavy (non-hydrogen) atoms. The summed E-state index contributed by atoms with van der Waals surface area (Å²) in [5.41, 5.74) is 1.33. The third-order valence-electron chi connectivity index (χ3n) is 3.67. The second-order valence-electron chi connectivity index (χ2n) is 5.00. The summed E-state index contributed by atoms with van der Waals surface area (Å²) in [4.78, 5) is 11.4. The molecule has 0 unspecified atom stereocenters. The highest BCUT2D eigenvalue weighted by Gasteiger charge is 2.18. The first-order valence-corrected chi connectivity index (χ1v) is 6.59. The molecule has 2 aromatic rings. The van der Waals surface area contributed by atoms with Crippen LogP contribution in [0.4, 0.5) is 0 Å². The van der Waals surface area contributed by atoms with Crippen LogP contribution in [0.25, 0.3) is 10.8 Å². The first-order valence-electron chi connectivity index (χ1n) is 6.59. The Morgan fingerprint density at radius 2 is 1.94 bits per heavy atom. The lowest BCUT2D eigenvalue weighted by Gasteiger charge is -2.23. The average molecular weight is 239 g/mol. The maximum Gasteiger partial charge on any atom is 0.220 e. The molecule has 3 rings (SSSR count). The predicted molar refractivity (Wildman–Crippen MR) is 73.4 cm³/mol. The lowest BCUT2D eigenvalue weighted by Crippen LogP contribution is -2.39. The van der Waals surface area contributed by atoms with Crippen LogP contribution in [0.1, 0.15) is 24.8 Å². The standard InChI is InChI=1S/C16H17NO/c18-16-10-4-8-14(17-16)11-13-7-3-6-12-5-1-2-9-15(12)13/h1-3,5-7,9,14H,4,8,10-11H2,(H,17,18)/t14-/m0/s1. The number of amides is 1. The van der Waals surface area contributed by atoms with E-state index in [9.17, 15) is 4.79 Å². The fourth-order valence-electron chi connectivity index (χ4n) is 2.77. The van der Waals surface area contributed by atoms with Crippen LogP contribution >= 0.6 is 0 Å². The topological polar surface area (TPSA) is 29.1 Å². The van der Waals surface area contributed by atoms with Crippen LogP contribution in [-0.2, 0) is 11.2 Å². The number of fused-ring (bicyclic) bond motifs is 1. The molecule has 92 valence electrons. The van der Waals surface area contributed by atoms with Crippen LogP contribution in [0.15, 0.2) is 42.5 Å². The van der Waals surface area contributed by atoms with Gasteiger partial charge in [0, 0.05) is 12.5 Å². The summed E-state index contributed by atoms with van der Waals surface area (Å²) in [6.45, 7) is 0. The number of benzene rings is 2. The number of rotatable bonds is 2. The number of hydrogen-bond acceptors (Lipinski definition) is 1. The van der Waals surface area contributed by atoms with E-state index < -0.39 is 0 Å². The molecule has 1 atom stereocenters. The number of carbonyl (C=O) groups excluding carboxylic acids is 1. The van der Waals surface area contributed by atoms with Crippen LogP contribution in [-0.4, -0.2) is 11.9 Å². The molecule has 1 aliphatic heterocycles. The summed E-state index contributed by atoms with van der Waals surface area (Å²) < 4.78 is 0. The van der Waals surface area contributed by atoms with Gasteiger partial charge in [0.2, 0.25) is 5.91 Å².